The van der Waals surface area contributed by atoms with Gasteiger partial charge in [0.15, 0.2) is 0 Å². The average Bonchev–Trinajstić information content (AvgIpc) is 2.31. The van der Waals surface area contributed by atoms with Crippen LogP contribution < -0.4 is 10.1 Å². The highest BCUT2D eigenvalue weighted by atomic mass is 16.5. The van der Waals surface area contributed by atoms with E-state index >= 15 is 0 Å². The molecule has 0 radical (unpaired) electrons. The molecule has 1 fully saturated rings. The maximum atomic E-state index is 5.47. The Morgan fingerprint density at radius 3 is 2.38 bits per heavy atom. The second-order valence-electron chi connectivity index (χ2n) is 4.77. The lowest BCUT2D eigenvalue weighted by molar-refractivity contribution is 0.330. The van der Waals surface area contributed by atoms with E-state index in [9.17, 15) is 0 Å². The summed E-state index contributed by atoms with van der Waals surface area (Å²) >= 11 is 0. The summed E-state index contributed by atoms with van der Waals surface area (Å²) in [6.45, 7) is 7.37. The molecule has 1 heterocycles. The van der Waals surface area contributed by atoms with Gasteiger partial charge in [0.2, 0.25) is 0 Å². The predicted molar refractivity (Wildman–Crippen MR) is 67.1 cm³/mol. The number of benzene rings is 1. The molecule has 16 heavy (non-hydrogen) atoms. The van der Waals surface area contributed by atoms with E-state index in [1.54, 1.807) is 0 Å². The molecule has 0 spiro atoms. The van der Waals surface area contributed by atoms with Crippen molar-refractivity contribution in [3.05, 3.63) is 29.8 Å². The third-order valence-electron chi connectivity index (χ3n) is 3.57. The molecule has 0 unspecified atom stereocenters. The summed E-state index contributed by atoms with van der Waals surface area (Å²) in [6.07, 6.45) is 2.45. The Morgan fingerprint density at radius 1 is 1.19 bits per heavy atom. The zero-order valence-corrected chi connectivity index (χ0v) is 10.3. The van der Waals surface area contributed by atoms with Crippen LogP contribution in [0.1, 0.15) is 32.3 Å². The van der Waals surface area contributed by atoms with Gasteiger partial charge < -0.3 is 10.1 Å². The minimum Gasteiger partial charge on any atom is -0.494 e. The Hall–Kier alpha value is -1.02. The van der Waals surface area contributed by atoms with Crippen LogP contribution in [0, 0.1) is 0 Å². The lowest BCUT2D eigenvalue weighted by atomic mass is 9.75. The first-order chi connectivity index (χ1) is 7.74. The van der Waals surface area contributed by atoms with Crippen LogP contribution in [-0.4, -0.2) is 19.7 Å². The van der Waals surface area contributed by atoms with E-state index in [1.807, 2.05) is 6.92 Å². The molecule has 1 N–H and O–H groups in total. The van der Waals surface area contributed by atoms with Crippen molar-refractivity contribution in [3.8, 4) is 5.75 Å². The number of piperidine rings is 1. The van der Waals surface area contributed by atoms with Crippen molar-refractivity contribution in [1.29, 1.82) is 0 Å². The van der Waals surface area contributed by atoms with Gasteiger partial charge in [0.1, 0.15) is 5.75 Å². The van der Waals surface area contributed by atoms with E-state index in [0.29, 0.717) is 5.41 Å². The Kier molecular flexibility index (Phi) is 3.49. The third kappa shape index (κ3) is 2.38. The van der Waals surface area contributed by atoms with Gasteiger partial charge in [-0.15, -0.1) is 0 Å². The van der Waals surface area contributed by atoms with Crippen molar-refractivity contribution < 1.29 is 4.74 Å². The molecule has 0 bridgehead atoms. The summed E-state index contributed by atoms with van der Waals surface area (Å²) in [4.78, 5) is 0. The van der Waals surface area contributed by atoms with E-state index in [4.69, 9.17) is 4.74 Å². The second-order valence-corrected chi connectivity index (χ2v) is 4.77. The van der Waals surface area contributed by atoms with Gasteiger partial charge in [0.25, 0.3) is 0 Å². The van der Waals surface area contributed by atoms with Gasteiger partial charge in [0, 0.05) is 0 Å². The summed E-state index contributed by atoms with van der Waals surface area (Å²) in [7, 11) is 0. The molecule has 1 saturated heterocycles. The summed E-state index contributed by atoms with van der Waals surface area (Å²) in [5.41, 5.74) is 1.79. The Bertz CT molecular complexity index is 325. The quantitative estimate of drug-likeness (QED) is 0.844. The number of rotatable bonds is 3. The van der Waals surface area contributed by atoms with Crippen LogP contribution in [0.15, 0.2) is 24.3 Å². The van der Waals surface area contributed by atoms with Gasteiger partial charge in [-0.1, -0.05) is 19.1 Å². The number of hydrogen-bond donors (Lipinski definition) is 1. The second kappa shape index (κ2) is 4.88. The molecule has 1 aromatic rings. The summed E-state index contributed by atoms with van der Waals surface area (Å²) < 4.78 is 5.47. The lowest BCUT2D eigenvalue weighted by Gasteiger charge is -2.34. The van der Waals surface area contributed by atoms with Crippen molar-refractivity contribution in [1.82, 2.24) is 5.32 Å². The molecule has 1 aliphatic rings. The van der Waals surface area contributed by atoms with Crippen LogP contribution in [-0.2, 0) is 5.41 Å². The van der Waals surface area contributed by atoms with E-state index in [-0.39, 0.29) is 0 Å². The van der Waals surface area contributed by atoms with Crippen LogP contribution in [0.2, 0.25) is 0 Å². The summed E-state index contributed by atoms with van der Waals surface area (Å²) in [6, 6.07) is 8.62. The molecule has 0 aliphatic carbocycles. The Balaban J connectivity index is 2.13. The highest BCUT2D eigenvalue weighted by Crippen LogP contribution is 2.33. The fourth-order valence-corrected chi connectivity index (χ4v) is 2.39. The van der Waals surface area contributed by atoms with Gasteiger partial charge in [-0.2, -0.15) is 0 Å². The van der Waals surface area contributed by atoms with Crippen molar-refractivity contribution in [3.63, 3.8) is 0 Å². The zero-order chi connectivity index (χ0) is 11.4. The Morgan fingerprint density at radius 2 is 1.81 bits per heavy atom. The first kappa shape index (κ1) is 11.5. The smallest absolute Gasteiger partial charge is 0.119 e. The van der Waals surface area contributed by atoms with Crippen LogP contribution in [0.25, 0.3) is 0 Å². The fourth-order valence-electron chi connectivity index (χ4n) is 2.39. The first-order valence-electron chi connectivity index (χ1n) is 6.19. The van der Waals surface area contributed by atoms with Gasteiger partial charge in [-0.05, 0) is 56.0 Å². The van der Waals surface area contributed by atoms with Crippen molar-refractivity contribution >= 4 is 0 Å². The molecule has 2 rings (SSSR count). The van der Waals surface area contributed by atoms with Crippen LogP contribution in [0.4, 0.5) is 0 Å². The maximum Gasteiger partial charge on any atom is 0.119 e. The monoisotopic (exact) mass is 219 g/mol. The number of ether oxygens (including phenoxy) is 1. The van der Waals surface area contributed by atoms with Crippen LogP contribution in [0.5, 0.6) is 5.75 Å². The van der Waals surface area contributed by atoms with E-state index in [1.165, 1.54) is 18.4 Å². The number of nitrogens with one attached hydrogen (secondary N) is 1. The fraction of sp³-hybridized carbons (Fsp3) is 0.571. The summed E-state index contributed by atoms with van der Waals surface area (Å²) in [5, 5.41) is 3.42. The van der Waals surface area contributed by atoms with E-state index in [2.05, 4.69) is 36.5 Å². The van der Waals surface area contributed by atoms with E-state index in [0.717, 1.165) is 25.4 Å². The van der Waals surface area contributed by atoms with Crippen molar-refractivity contribution in [2.45, 2.75) is 32.1 Å². The molecule has 0 aromatic heterocycles. The van der Waals surface area contributed by atoms with Gasteiger partial charge in [0.05, 0.1) is 6.61 Å². The lowest BCUT2D eigenvalue weighted by Crippen LogP contribution is -2.37. The highest BCUT2D eigenvalue weighted by molar-refractivity contribution is 5.32. The number of hydrogen-bond acceptors (Lipinski definition) is 2. The normalized spacial score (nSPS) is 19.4. The standard InChI is InChI=1S/C14H21NO/c1-3-16-13-6-4-12(5-7-13)14(2)8-10-15-11-9-14/h4-7,15H,3,8-11H2,1-2H3. The Labute approximate surface area is 98.0 Å². The molecule has 2 nitrogen and oxygen atoms in total. The first-order valence-corrected chi connectivity index (χ1v) is 6.19. The molecule has 88 valence electrons. The van der Waals surface area contributed by atoms with Crippen LogP contribution >= 0.6 is 0 Å². The predicted octanol–water partition coefficient (Wildman–Crippen LogP) is 2.73. The molecule has 2 heteroatoms. The molecular weight excluding hydrogens is 198 g/mol. The largest absolute Gasteiger partial charge is 0.494 e. The average molecular weight is 219 g/mol. The maximum absolute atomic E-state index is 5.47. The molecule has 0 amide bonds. The third-order valence-corrected chi connectivity index (χ3v) is 3.57. The minimum atomic E-state index is 0.343. The molecule has 0 atom stereocenters. The summed E-state index contributed by atoms with van der Waals surface area (Å²) in [5.74, 6) is 0.976. The van der Waals surface area contributed by atoms with Crippen molar-refractivity contribution in [2.24, 2.45) is 0 Å². The van der Waals surface area contributed by atoms with Crippen molar-refractivity contribution in [2.75, 3.05) is 19.7 Å². The zero-order valence-electron chi connectivity index (χ0n) is 10.3. The van der Waals surface area contributed by atoms with Gasteiger partial charge in [-0.25, -0.2) is 0 Å². The molecule has 1 aliphatic heterocycles. The molecule has 1 aromatic carbocycles. The minimum absolute atomic E-state index is 0.343. The topological polar surface area (TPSA) is 21.3 Å². The van der Waals surface area contributed by atoms with Crippen LogP contribution in [0.3, 0.4) is 0 Å². The SMILES string of the molecule is CCOc1ccc(C2(C)CCNCC2)cc1. The molecule has 0 saturated carbocycles. The van der Waals surface area contributed by atoms with E-state index < -0.39 is 0 Å². The van der Waals surface area contributed by atoms with Gasteiger partial charge in [-0.3, -0.25) is 0 Å². The highest BCUT2D eigenvalue weighted by Gasteiger charge is 2.28. The molecular formula is C14H21NO. The van der Waals surface area contributed by atoms with Gasteiger partial charge >= 0.3 is 0 Å².